The highest BCUT2D eigenvalue weighted by molar-refractivity contribution is 5.96. The molecule has 0 aromatic carbocycles. The summed E-state index contributed by atoms with van der Waals surface area (Å²) in [6, 6.07) is 7.29. The van der Waals surface area contributed by atoms with Gasteiger partial charge in [0.15, 0.2) is 0 Å². The van der Waals surface area contributed by atoms with Crippen LogP contribution in [0.5, 0.6) is 0 Å². The van der Waals surface area contributed by atoms with Crippen LogP contribution in [0.4, 0.5) is 5.69 Å². The number of carbonyl (C=O) groups excluding carboxylic acids is 2. The molecule has 1 spiro atoms. The van der Waals surface area contributed by atoms with Gasteiger partial charge in [0.05, 0.1) is 29.5 Å². The lowest BCUT2D eigenvalue weighted by atomic mass is 9.92. The first kappa shape index (κ1) is 16.7. The number of amides is 2. The van der Waals surface area contributed by atoms with E-state index in [4.69, 9.17) is 0 Å². The van der Waals surface area contributed by atoms with E-state index in [1.54, 1.807) is 41.8 Å². The summed E-state index contributed by atoms with van der Waals surface area (Å²) < 4.78 is 0. The SMILES string of the molecule is CN1CC(=O)N(c2cccnc2)C[C@@]12CCN(C(=O)c1cccnc1)C2. The van der Waals surface area contributed by atoms with Gasteiger partial charge in [-0.25, -0.2) is 0 Å². The van der Waals surface area contributed by atoms with Crippen LogP contribution < -0.4 is 4.90 Å². The summed E-state index contributed by atoms with van der Waals surface area (Å²) >= 11 is 0. The zero-order valence-electron chi connectivity index (χ0n) is 14.7. The highest BCUT2D eigenvalue weighted by Crippen LogP contribution is 2.33. The van der Waals surface area contributed by atoms with Gasteiger partial charge in [-0.3, -0.25) is 24.5 Å². The van der Waals surface area contributed by atoms with Crippen molar-refractivity contribution in [3.8, 4) is 0 Å². The molecule has 2 fully saturated rings. The molecule has 7 heteroatoms. The van der Waals surface area contributed by atoms with Crippen molar-refractivity contribution in [3.05, 3.63) is 54.6 Å². The van der Waals surface area contributed by atoms with Gasteiger partial charge in [0.25, 0.3) is 5.91 Å². The Morgan fingerprint density at radius 2 is 1.88 bits per heavy atom. The van der Waals surface area contributed by atoms with Crippen molar-refractivity contribution in [2.24, 2.45) is 0 Å². The largest absolute Gasteiger partial charge is 0.337 e. The van der Waals surface area contributed by atoms with Crippen LogP contribution in [0, 0.1) is 0 Å². The van der Waals surface area contributed by atoms with Crippen LogP contribution in [0.25, 0.3) is 0 Å². The van der Waals surface area contributed by atoms with Crippen molar-refractivity contribution < 1.29 is 9.59 Å². The van der Waals surface area contributed by atoms with Gasteiger partial charge in [-0.05, 0) is 37.7 Å². The molecule has 1 atom stereocenters. The second-order valence-corrected chi connectivity index (χ2v) is 6.99. The standard InChI is InChI=1S/C19H21N5O2/c1-22-12-17(25)24(16-5-3-8-21-11-16)14-19(22)6-9-23(13-19)18(26)15-4-2-7-20-10-15/h2-5,7-8,10-11H,6,9,12-14H2,1H3/t19-/m0/s1. The van der Waals surface area contributed by atoms with Crippen LogP contribution in [0.15, 0.2) is 49.1 Å². The van der Waals surface area contributed by atoms with E-state index in [9.17, 15) is 9.59 Å². The lowest BCUT2D eigenvalue weighted by Crippen LogP contribution is -2.64. The maximum absolute atomic E-state index is 12.8. The maximum Gasteiger partial charge on any atom is 0.255 e. The fourth-order valence-corrected chi connectivity index (χ4v) is 3.85. The Hall–Kier alpha value is -2.80. The molecule has 0 bridgehead atoms. The Bertz CT molecular complexity index is 813. The second kappa shape index (κ2) is 6.49. The van der Waals surface area contributed by atoms with Crippen molar-refractivity contribution in [2.75, 3.05) is 38.1 Å². The number of rotatable bonds is 2. The minimum Gasteiger partial charge on any atom is -0.337 e. The summed E-state index contributed by atoms with van der Waals surface area (Å²) in [6.45, 7) is 2.17. The zero-order chi connectivity index (χ0) is 18.1. The molecule has 2 aliphatic rings. The van der Waals surface area contributed by atoms with E-state index in [0.29, 0.717) is 31.7 Å². The van der Waals surface area contributed by atoms with E-state index in [1.807, 2.05) is 24.1 Å². The summed E-state index contributed by atoms with van der Waals surface area (Å²) in [4.78, 5) is 39.3. The smallest absolute Gasteiger partial charge is 0.255 e. The second-order valence-electron chi connectivity index (χ2n) is 6.99. The Kier molecular flexibility index (Phi) is 4.16. The monoisotopic (exact) mass is 351 g/mol. The van der Waals surface area contributed by atoms with Crippen LogP contribution in [-0.2, 0) is 4.79 Å². The number of hydrogen-bond acceptors (Lipinski definition) is 5. The van der Waals surface area contributed by atoms with Gasteiger partial charge < -0.3 is 9.80 Å². The molecular formula is C19H21N5O2. The van der Waals surface area contributed by atoms with E-state index in [1.165, 1.54) is 0 Å². The maximum atomic E-state index is 12.8. The molecular weight excluding hydrogens is 330 g/mol. The van der Waals surface area contributed by atoms with Crippen molar-refractivity contribution in [1.82, 2.24) is 19.8 Å². The van der Waals surface area contributed by atoms with Crippen molar-refractivity contribution in [1.29, 1.82) is 0 Å². The molecule has 2 amide bonds. The molecule has 0 radical (unpaired) electrons. The summed E-state index contributed by atoms with van der Waals surface area (Å²) in [5.41, 5.74) is 1.17. The average Bonchev–Trinajstić information content (AvgIpc) is 3.11. The van der Waals surface area contributed by atoms with E-state index < -0.39 is 0 Å². The number of pyridine rings is 2. The van der Waals surface area contributed by atoms with Gasteiger partial charge in [0.1, 0.15) is 0 Å². The molecule has 2 aliphatic heterocycles. The van der Waals surface area contributed by atoms with Crippen molar-refractivity contribution >= 4 is 17.5 Å². The number of likely N-dealkylation sites (tertiary alicyclic amines) is 1. The first-order valence-corrected chi connectivity index (χ1v) is 8.70. The van der Waals surface area contributed by atoms with Gasteiger partial charge in [-0.2, -0.15) is 0 Å². The normalized spacial score (nSPS) is 23.7. The topological polar surface area (TPSA) is 69.6 Å². The van der Waals surface area contributed by atoms with Gasteiger partial charge in [-0.15, -0.1) is 0 Å². The van der Waals surface area contributed by atoms with Crippen molar-refractivity contribution in [3.63, 3.8) is 0 Å². The number of hydrogen-bond donors (Lipinski definition) is 0. The number of carbonyl (C=O) groups is 2. The number of aromatic nitrogens is 2. The highest BCUT2D eigenvalue weighted by atomic mass is 16.2. The predicted molar refractivity (Wildman–Crippen MR) is 96.7 cm³/mol. The fraction of sp³-hybridized carbons (Fsp3) is 0.368. The van der Waals surface area contributed by atoms with Crippen LogP contribution in [-0.4, -0.2) is 70.3 Å². The molecule has 4 heterocycles. The minimum absolute atomic E-state index is 0.00629. The quantitative estimate of drug-likeness (QED) is 0.809. The minimum atomic E-state index is -0.235. The third kappa shape index (κ3) is 2.84. The Morgan fingerprint density at radius 1 is 1.12 bits per heavy atom. The molecule has 7 nitrogen and oxygen atoms in total. The number of nitrogens with zero attached hydrogens (tertiary/aromatic N) is 5. The van der Waals surface area contributed by atoms with Gasteiger partial charge in [0, 0.05) is 38.2 Å². The van der Waals surface area contributed by atoms with E-state index in [2.05, 4.69) is 14.9 Å². The molecule has 26 heavy (non-hydrogen) atoms. The Morgan fingerprint density at radius 3 is 2.58 bits per heavy atom. The van der Waals surface area contributed by atoms with Gasteiger partial charge >= 0.3 is 0 Å². The highest BCUT2D eigenvalue weighted by Gasteiger charge is 2.48. The molecule has 0 aliphatic carbocycles. The molecule has 2 aromatic rings. The third-order valence-electron chi connectivity index (χ3n) is 5.42. The number of likely N-dealkylation sites (N-methyl/N-ethyl adjacent to an activating group) is 1. The molecule has 2 saturated heterocycles. The lowest BCUT2D eigenvalue weighted by Gasteiger charge is -2.46. The lowest BCUT2D eigenvalue weighted by molar-refractivity contribution is -0.123. The molecule has 0 saturated carbocycles. The van der Waals surface area contributed by atoms with Crippen molar-refractivity contribution in [2.45, 2.75) is 12.0 Å². The van der Waals surface area contributed by atoms with Crippen LogP contribution in [0.2, 0.25) is 0 Å². The Balaban J connectivity index is 1.56. The van der Waals surface area contributed by atoms with Crippen LogP contribution in [0.3, 0.4) is 0 Å². The van der Waals surface area contributed by atoms with Crippen LogP contribution >= 0.6 is 0 Å². The van der Waals surface area contributed by atoms with Gasteiger partial charge in [-0.1, -0.05) is 0 Å². The van der Waals surface area contributed by atoms with E-state index in [-0.39, 0.29) is 17.4 Å². The number of piperazine rings is 1. The third-order valence-corrected chi connectivity index (χ3v) is 5.42. The van der Waals surface area contributed by atoms with Crippen LogP contribution in [0.1, 0.15) is 16.8 Å². The molecule has 2 aromatic heterocycles. The first-order chi connectivity index (χ1) is 12.6. The summed E-state index contributed by atoms with van der Waals surface area (Å²) in [5, 5.41) is 0. The molecule has 0 unspecified atom stereocenters. The number of anilines is 1. The Labute approximate surface area is 152 Å². The van der Waals surface area contributed by atoms with E-state index in [0.717, 1.165) is 12.1 Å². The summed E-state index contributed by atoms with van der Waals surface area (Å²) in [7, 11) is 1.97. The van der Waals surface area contributed by atoms with E-state index >= 15 is 0 Å². The molecule has 0 N–H and O–H groups in total. The predicted octanol–water partition coefficient (Wildman–Crippen LogP) is 1.04. The summed E-state index contributed by atoms with van der Waals surface area (Å²) in [5.74, 6) is 0.0522. The molecule has 4 rings (SSSR count). The van der Waals surface area contributed by atoms with Gasteiger partial charge in [0.2, 0.25) is 5.91 Å². The fourth-order valence-electron chi connectivity index (χ4n) is 3.85. The molecule has 134 valence electrons. The zero-order valence-corrected chi connectivity index (χ0v) is 14.7. The average molecular weight is 351 g/mol. The summed E-state index contributed by atoms with van der Waals surface area (Å²) in [6.07, 6.45) is 7.51. The first-order valence-electron chi connectivity index (χ1n) is 8.70.